The molecule has 2 saturated heterocycles. The summed E-state index contributed by atoms with van der Waals surface area (Å²) in [5.41, 5.74) is 1.17. The number of carbonyl (C=O) groups is 2. The Morgan fingerprint density at radius 3 is 2.25 bits per heavy atom. The molecule has 1 aliphatic carbocycles. The molecule has 0 spiro atoms. The van der Waals surface area contributed by atoms with E-state index in [1.165, 1.54) is 24.9 Å². The molecule has 1 atom stereocenters. The second-order valence-corrected chi connectivity index (χ2v) is 9.25. The number of hydrogen-bond acceptors (Lipinski definition) is 3. The number of hydrogen-bond donors (Lipinski definition) is 1. The van der Waals surface area contributed by atoms with Crippen LogP contribution in [0.4, 0.5) is 11.4 Å². The first-order valence-electron chi connectivity index (χ1n) is 10.9. The molecular formula is C23H33N3O2. The maximum Gasteiger partial charge on any atom is 0.240 e. The molecule has 5 heteroatoms. The Bertz CT molecular complexity index is 718. The fourth-order valence-electron chi connectivity index (χ4n) is 4.61. The van der Waals surface area contributed by atoms with Crippen LogP contribution in [0, 0.1) is 17.3 Å². The molecule has 1 aromatic rings. The predicted octanol–water partition coefficient (Wildman–Crippen LogP) is 3.90. The minimum atomic E-state index is -0.821. The molecule has 1 N–H and O–H groups in total. The van der Waals surface area contributed by atoms with Crippen LogP contribution in [0.25, 0.3) is 0 Å². The molecule has 1 saturated carbocycles. The van der Waals surface area contributed by atoms with Crippen LogP contribution in [0.2, 0.25) is 0 Å². The van der Waals surface area contributed by atoms with E-state index in [2.05, 4.69) is 36.2 Å². The van der Waals surface area contributed by atoms with Crippen molar-refractivity contribution in [2.45, 2.75) is 52.4 Å². The number of rotatable bonds is 4. The Balaban J connectivity index is 1.37. The van der Waals surface area contributed by atoms with E-state index in [-0.39, 0.29) is 11.8 Å². The van der Waals surface area contributed by atoms with Gasteiger partial charge >= 0.3 is 0 Å². The van der Waals surface area contributed by atoms with E-state index < -0.39 is 5.41 Å². The van der Waals surface area contributed by atoms with E-state index in [0.29, 0.717) is 18.8 Å². The third-order valence-electron chi connectivity index (χ3n) is 6.81. The van der Waals surface area contributed by atoms with E-state index in [9.17, 15) is 9.59 Å². The molecule has 4 rings (SSSR count). The first-order chi connectivity index (χ1) is 13.5. The van der Waals surface area contributed by atoms with Crippen molar-refractivity contribution >= 4 is 23.2 Å². The summed E-state index contributed by atoms with van der Waals surface area (Å²) in [6.07, 6.45) is 6.03. The molecule has 0 aromatic heterocycles. The first-order valence-corrected chi connectivity index (χ1v) is 10.9. The standard InChI is InChI=1S/C23H33N3O2/c1-17-9-14-25(15-10-17)20-7-5-19(6-8-20)24-21(27)23(11-12-23)22(28)26-13-3-4-18(2)16-26/h5-8,17-18H,3-4,9-16H2,1-2H3,(H,24,27). The Morgan fingerprint density at radius 1 is 0.964 bits per heavy atom. The number of piperidine rings is 2. The van der Waals surface area contributed by atoms with Crippen molar-refractivity contribution in [2.24, 2.45) is 17.3 Å². The Morgan fingerprint density at radius 2 is 1.64 bits per heavy atom. The van der Waals surface area contributed by atoms with Crippen LogP contribution in [-0.4, -0.2) is 42.9 Å². The Labute approximate surface area is 168 Å². The zero-order valence-electron chi connectivity index (χ0n) is 17.2. The van der Waals surface area contributed by atoms with Gasteiger partial charge in [0.1, 0.15) is 5.41 Å². The van der Waals surface area contributed by atoms with Crippen LogP contribution in [-0.2, 0) is 9.59 Å². The van der Waals surface area contributed by atoms with Gasteiger partial charge in [0.2, 0.25) is 11.8 Å². The highest BCUT2D eigenvalue weighted by Gasteiger charge is 2.58. The van der Waals surface area contributed by atoms with Crippen molar-refractivity contribution in [2.75, 3.05) is 36.4 Å². The molecule has 3 fully saturated rings. The van der Waals surface area contributed by atoms with Gasteiger partial charge in [0.05, 0.1) is 0 Å². The Hall–Kier alpha value is -2.04. The molecule has 1 aromatic carbocycles. The molecule has 5 nitrogen and oxygen atoms in total. The third kappa shape index (κ3) is 3.89. The molecule has 2 amide bonds. The number of amides is 2. The Kier molecular flexibility index (Phi) is 5.35. The van der Waals surface area contributed by atoms with Crippen molar-refractivity contribution < 1.29 is 9.59 Å². The maximum absolute atomic E-state index is 13.0. The number of carbonyl (C=O) groups excluding carboxylic acids is 2. The average Bonchev–Trinajstić information content (AvgIpc) is 3.51. The number of anilines is 2. The summed E-state index contributed by atoms with van der Waals surface area (Å²) in [5, 5.41) is 3.01. The van der Waals surface area contributed by atoms with Crippen LogP contribution in [0.3, 0.4) is 0 Å². The summed E-state index contributed by atoms with van der Waals surface area (Å²) in [5.74, 6) is 1.25. The summed E-state index contributed by atoms with van der Waals surface area (Å²) < 4.78 is 0. The molecule has 28 heavy (non-hydrogen) atoms. The van der Waals surface area contributed by atoms with Gasteiger partial charge in [-0.05, 0) is 74.6 Å². The SMILES string of the molecule is CC1CCN(c2ccc(NC(=O)C3(C(=O)N4CCCC(C)C4)CC3)cc2)CC1. The third-order valence-corrected chi connectivity index (χ3v) is 6.81. The van der Waals surface area contributed by atoms with Crippen molar-refractivity contribution in [3.8, 4) is 0 Å². The quantitative estimate of drug-likeness (QED) is 0.803. The van der Waals surface area contributed by atoms with Crippen molar-refractivity contribution in [3.05, 3.63) is 24.3 Å². The van der Waals surface area contributed by atoms with Gasteiger partial charge in [-0.1, -0.05) is 13.8 Å². The summed E-state index contributed by atoms with van der Waals surface area (Å²) in [6.45, 7) is 8.27. The van der Waals surface area contributed by atoms with E-state index in [0.717, 1.165) is 44.2 Å². The zero-order valence-corrected chi connectivity index (χ0v) is 17.2. The first kappa shape index (κ1) is 19.3. The lowest BCUT2D eigenvalue weighted by Crippen LogP contribution is -2.46. The molecule has 1 unspecified atom stereocenters. The van der Waals surface area contributed by atoms with Crippen LogP contribution in [0.15, 0.2) is 24.3 Å². The highest BCUT2D eigenvalue weighted by Crippen LogP contribution is 2.48. The van der Waals surface area contributed by atoms with Gasteiger partial charge in [-0.3, -0.25) is 9.59 Å². The van der Waals surface area contributed by atoms with Gasteiger partial charge in [-0.25, -0.2) is 0 Å². The lowest BCUT2D eigenvalue weighted by Gasteiger charge is -2.33. The number of nitrogens with zero attached hydrogens (tertiary/aromatic N) is 2. The minimum absolute atomic E-state index is 0.0376. The smallest absolute Gasteiger partial charge is 0.240 e. The molecule has 152 valence electrons. The summed E-state index contributed by atoms with van der Waals surface area (Å²) >= 11 is 0. The minimum Gasteiger partial charge on any atom is -0.372 e. The fraction of sp³-hybridized carbons (Fsp3) is 0.652. The van der Waals surface area contributed by atoms with Gasteiger partial charge in [-0.15, -0.1) is 0 Å². The molecule has 2 heterocycles. The van der Waals surface area contributed by atoms with E-state index in [1.807, 2.05) is 17.0 Å². The largest absolute Gasteiger partial charge is 0.372 e. The van der Waals surface area contributed by atoms with Crippen LogP contribution in [0.1, 0.15) is 52.4 Å². The molecule has 2 aliphatic heterocycles. The lowest BCUT2D eigenvalue weighted by molar-refractivity contribution is -0.143. The highest BCUT2D eigenvalue weighted by molar-refractivity contribution is 6.13. The monoisotopic (exact) mass is 383 g/mol. The van der Waals surface area contributed by atoms with Crippen molar-refractivity contribution in [1.29, 1.82) is 0 Å². The maximum atomic E-state index is 13.0. The summed E-state index contributed by atoms with van der Waals surface area (Å²) in [7, 11) is 0. The number of nitrogens with one attached hydrogen (secondary N) is 1. The predicted molar refractivity (Wildman–Crippen MR) is 112 cm³/mol. The van der Waals surface area contributed by atoms with Crippen molar-refractivity contribution in [3.63, 3.8) is 0 Å². The molecule has 0 radical (unpaired) electrons. The lowest BCUT2D eigenvalue weighted by atomic mass is 9.96. The van der Waals surface area contributed by atoms with Gasteiger partial charge in [0, 0.05) is 37.6 Å². The van der Waals surface area contributed by atoms with E-state index in [1.54, 1.807) is 0 Å². The number of benzene rings is 1. The van der Waals surface area contributed by atoms with Gasteiger partial charge in [-0.2, -0.15) is 0 Å². The van der Waals surface area contributed by atoms with E-state index in [4.69, 9.17) is 0 Å². The number of likely N-dealkylation sites (tertiary alicyclic amines) is 1. The van der Waals surface area contributed by atoms with E-state index >= 15 is 0 Å². The molecule has 0 bridgehead atoms. The topological polar surface area (TPSA) is 52.7 Å². The van der Waals surface area contributed by atoms with Crippen LogP contribution in [0.5, 0.6) is 0 Å². The van der Waals surface area contributed by atoms with Gasteiger partial charge in [0.15, 0.2) is 0 Å². The molecule has 3 aliphatic rings. The van der Waals surface area contributed by atoms with Gasteiger partial charge < -0.3 is 15.1 Å². The fourth-order valence-corrected chi connectivity index (χ4v) is 4.61. The second kappa shape index (κ2) is 7.76. The average molecular weight is 384 g/mol. The summed E-state index contributed by atoms with van der Waals surface area (Å²) in [4.78, 5) is 30.3. The molecular weight excluding hydrogens is 350 g/mol. The second-order valence-electron chi connectivity index (χ2n) is 9.25. The van der Waals surface area contributed by atoms with Crippen LogP contribution < -0.4 is 10.2 Å². The normalized spacial score (nSPS) is 24.7. The highest BCUT2D eigenvalue weighted by atomic mass is 16.2. The van der Waals surface area contributed by atoms with Crippen LogP contribution >= 0.6 is 0 Å². The van der Waals surface area contributed by atoms with Gasteiger partial charge in [0.25, 0.3) is 0 Å². The zero-order chi connectivity index (χ0) is 19.7. The summed E-state index contributed by atoms with van der Waals surface area (Å²) in [6, 6.07) is 8.10. The van der Waals surface area contributed by atoms with Crippen molar-refractivity contribution in [1.82, 2.24) is 4.90 Å².